The highest BCUT2D eigenvalue weighted by molar-refractivity contribution is 5.84. The smallest absolute Gasteiger partial charge is 0.220 e. The van der Waals surface area contributed by atoms with Crippen LogP contribution in [0.25, 0.3) is 10.9 Å². The fourth-order valence-electron chi connectivity index (χ4n) is 3.07. The van der Waals surface area contributed by atoms with Crippen molar-refractivity contribution in [2.24, 2.45) is 0 Å². The van der Waals surface area contributed by atoms with Crippen LogP contribution in [0.4, 0.5) is 0 Å². The lowest BCUT2D eigenvalue weighted by Gasteiger charge is -2.10. The minimum Gasteiger partial charge on any atom is -0.379 e. The Labute approximate surface area is 142 Å². The molecule has 1 amide bonds. The molecule has 3 rings (SSSR count). The molecule has 0 spiro atoms. The fourth-order valence-corrected chi connectivity index (χ4v) is 3.07. The largest absolute Gasteiger partial charge is 0.379 e. The van der Waals surface area contributed by atoms with Gasteiger partial charge in [-0.05, 0) is 37.3 Å². The van der Waals surface area contributed by atoms with Crippen LogP contribution < -0.4 is 5.32 Å². The van der Waals surface area contributed by atoms with Gasteiger partial charge in [-0.3, -0.25) is 4.79 Å². The second-order valence-electron chi connectivity index (χ2n) is 6.27. The van der Waals surface area contributed by atoms with E-state index in [0.717, 1.165) is 37.8 Å². The number of aromatic nitrogens is 1. The summed E-state index contributed by atoms with van der Waals surface area (Å²) in [5.74, 6) is 0.0967. The summed E-state index contributed by atoms with van der Waals surface area (Å²) in [5.41, 5.74) is 2.32. The number of carbonyl (C=O) groups is 1. The number of amides is 1. The molecule has 1 fully saturated rings. The maximum absolute atomic E-state index is 11.9. The molecule has 1 aromatic carbocycles. The standard InChI is InChI=1S/C19H26N2O3/c22-19(20-10-4-11-23-14-16-5-3-12-24-16)9-8-15-13-21-18-7-2-1-6-17(15)18/h1-2,6-7,13,16,21H,3-5,8-12,14H2,(H,20,22). The first-order valence-electron chi connectivity index (χ1n) is 8.84. The second kappa shape index (κ2) is 8.85. The monoisotopic (exact) mass is 330 g/mol. The third kappa shape index (κ3) is 4.82. The van der Waals surface area contributed by atoms with Gasteiger partial charge in [0.05, 0.1) is 12.7 Å². The number of ether oxygens (including phenoxy) is 2. The first kappa shape index (κ1) is 17.0. The predicted molar refractivity (Wildman–Crippen MR) is 94.0 cm³/mol. The van der Waals surface area contributed by atoms with E-state index in [-0.39, 0.29) is 12.0 Å². The number of fused-ring (bicyclic) bond motifs is 1. The Balaban J connectivity index is 1.27. The molecule has 2 aromatic rings. The molecule has 5 nitrogen and oxygen atoms in total. The SMILES string of the molecule is O=C(CCc1c[nH]c2ccccc12)NCCCOCC1CCCO1. The van der Waals surface area contributed by atoms with Gasteiger partial charge < -0.3 is 19.8 Å². The Hall–Kier alpha value is -1.85. The van der Waals surface area contributed by atoms with Gasteiger partial charge in [0.15, 0.2) is 0 Å². The molecule has 1 atom stereocenters. The summed E-state index contributed by atoms with van der Waals surface area (Å²) in [6, 6.07) is 8.17. The first-order chi connectivity index (χ1) is 11.8. The lowest BCUT2D eigenvalue weighted by molar-refractivity contribution is -0.121. The average Bonchev–Trinajstić information content (AvgIpc) is 3.26. The summed E-state index contributed by atoms with van der Waals surface area (Å²) >= 11 is 0. The molecular weight excluding hydrogens is 304 g/mol. The molecule has 5 heteroatoms. The van der Waals surface area contributed by atoms with Crippen LogP contribution in [0.15, 0.2) is 30.5 Å². The number of hydrogen-bond acceptors (Lipinski definition) is 3. The van der Waals surface area contributed by atoms with Crippen LogP contribution in [0, 0.1) is 0 Å². The molecule has 130 valence electrons. The van der Waals surface area contributed by atoms with E-state index in [1.807, 2.05) is 18.3 Å². The van der Waals surface area contributed by atoms with Crippen LogP contribution in [0.1, 0.15) is 31.2 Å². The summed E-state index contributed by atoms with van der Waals surface area (Å²) < 4.78 is 11.1. The quantitative estimate of drug-likeness (QED) is 0.695. The van der Waals surface area contributed by atoms with E-state index in [0.29, 0.717) is 26.2 Å². The van der Waals surface area contributed by atoms with Crippen LogP contribution in [-0.2, 0) is 20.7 Å². The normalized spacial score (nSPS) is 17.4. The van der Waals surface area contributed by atoms with E-state index >= 15 is 0 Å². The Morgan fingerprint density at radius 1 is 1.38 bits per heavy atom. The lowest BCUT2D eigenvalue weighted by Crippen LogP contribution is -2.25. The Bertz CT molecular complexity index is 647. The van der Waals surface area contributed by atoms with Gasteiger partial charge in [0, 0.05) is 43.3 Å². The van der Waals surface area contributed by atoms with Gasteiger partial charge in [-0.2, -0.15) is 0 Å². The highest BCUT2D eigenvalue weighted by Crippen LogP contribution is 2.18. The first-order valence-corrected chi connectivity index (χ1v) is 8.84. The van der Waals surface area contributed by atoms with Crippen LogP contribution in [-0.4, -0.2) is 43.4 Å². The number of rotatable bonds is 9. The van der Waals surface area contributed by atoms with E-state index in [1.54, 1.807) is 0 Å². The number of H-pyrrole nitrogens is 1. The Kier molecular flexibility index (Phi) is 6.26. The van der Waals surface area contributed by atoms with E-state index in [1.165, 1.54) is 10.9 Å². The number of hydrogen-bond donors (Lipinski definition) is 2. The Morgan fingerprint density at radius 3 is 3.17 bits per heavy atom. The zero-order valence-electron chi connectivity index (χ0n) is 14.1. The van der Waals surface area contributed by atoms with Gasteiger partial charge in [-0.15, -0.1) is 0 Å². The topological polar surface area (TPSA) is 63.4 Å². The maximum Gasteiger partial charge on any atom is 0.220 e. The summed E-state index contributed by atoms with van der Waals surface area (Å²) in [7, 11) is 0. The van der Waals surface area contributed by atoms with Gasteiger partial charge in [0.2, 0.25) is 5.91 Å². The van der Waals surface area contributed by atoms with Gasteiger partial charge in [-0.1, -0.05) is 18.2 Å². The summed E-state index contributed by atoms with van der Waals surface area (Å²) in [6.07, 6.45) is 6.62. The number of carbonyl (C=O) groups excluding carboxylic acids is 1. The molecule has 0 radical (unpaired) electrons. The molecule has 0 bridgehead atoms. The van der Waals surface area contributed by atoms with Crippen LogP contribution >= 0.6 is 0 Å². The van der Waals surface area contributed by atoms with Crippen molar-refractivity contribution in [2.45, 2.75) is 38.2 Å². The third-order valence-electron chi connectivity index (χ3n) is 4.41. The molecule has 0 aliphatic carbocycles. The molecule has 0 saturated carbocycles. The predicted octanol–water partition coefficient (Wildman–Crippen LogP) is 2.80. The van der Waals surface area contributed by atoms with E-state index in [9.17, 15) is 4.79 Å². The van der Waals surface area contributed by atoms with Gasteiger partial charge in [0.1, 0.15) is 0 Å². The highest BCUT2D eigenvalue weighted by Gasteiger charge is 2.14. The van der Waals surface area contributed by atoms with Gasteiger partial charge >= 0.3 is 0 Å². The maximum atomic E-state index is 11.9. The van der Waals surface area contributed by atoms with E-state index < -0.39 is 0 Å². The number of aryl methyl sites for hydroxylation is 1. The number of benzene rings is 1. The number of para-hydroxylation sites is 1. The molecule has 1 unspecified atom stereocenters. The highest BCUT2D eigenvalue weighted by atomic mass is 16.5. The van der Waals surface area contributed by atoms with Crippen molar-refractivity contribution in [2.75, 3.05) is 26.4 Å². The summed E-state index contributed by atoms with van der Waals surface area (Å²) in [4.78, 5) is 15.2. The van der Waals surface area contributed by atoms with Crippen molar-refractivity contribution in [1.82, 2.24) is 10.3 Å². The molecule has 24 heavy (non-hydrogen) atoms. The molecule has 1 aliphatic heterocycles. The molecule has 1 saturated heterocycles. The van der Waals surface area contributed by atoms with Gasteiger partial charge in [0.25, 0.3) is 0 Å². The number of aromatic amines is 1. The second-order valence-corrected chi connectivity index (χ2v) is 6.27. The lowest BCUT2D eigenvalue weighted by atomic mass is 10.1. The Morgan fingerprint density at radius 2 is 2.29 bits per heavy atom. The number of nitrogens with one attached hydrogen (secondary N) is 2. The molecule has 1 aromatic heterocycles. The zero-order valence-corrected chi connectivity index (χ0v) is 14.1. The molecule has 1 aliphatic rings. The van der Waals surface area contributed by atoms with Crippen molar-refractivity contribution < 1.29 is 14.3 Å². The van der Waals surface area contributed by atoms with E-state index in [2.05, 4.69) is 22.4 Å². The van der Waals surface area contributed by atoms with Crippen molar-refractivity contribution in [3.05, 3.63) is 36.0 Å². The van der Waals surface area contributed by atoms with Crippen LogP contribution in [0.3, 0.4) is 0 Å². The average molecular weight is 330 g/mol. The molecular formula is C19H26N2O3. The minimum atomic E-state index is 0.0967. The van der Waals surface area contributed by atoms with E-state index in [4.69, 9.17) is 9.47 Å². The van der Waals surface area contributed by atoms with Crippen molar-refractivity contribution >= 4 is 16.8 Å². The third-order valence-corrected chi connectivity index (χ3v) is 4.41. The fraction of sp³-hybridized carbons (Fsp3) is 0.526. The van der Waals surface area contributed by atoms with Crippen LogP contribution in [0.5, 0.6) is 0 Å². The summed E-state index contributed by atoms with van der Waals surface area (Å²) in [6.45, 7) is 2.87. The van der Waals surface area contributed by atoms with Crippen molar-refractivity contribution in [1.29, 1.82) is 0 Å². The molecule has 2 heterocycles. The van der Waals surface area contributed by atoms with Gasteiger partial charge in [-0.25, -0.2) is 0 Å². The minimum absolute atomic E-state index is 0.0967. The van der Waals surface area contributed by atoms with Crippen molar-refractivity contribution in [3.63, 3.8) is 0 Å². The van der Waals surface area contributed by atoms with Crippen molar-refractivity contribution in [3.8, 4) is 0 Å². The molecule has 2 N–H and O–H groups in total. The zero-order chi connectivity index (χ0) is 16.6. The van der Waals surface area contributed by atoms with Crippen LogP contribution in [0.2, 0.25) is 0 Å². The summed E-state index contributed by atoms with van der Waals surface area (Å²) in [5, 5.41) is 4.16.